The Morgan fingerprint density at radius 3 is 2.10 bits per heavy atom. The van der Waals surface area contributed by atoms with Crippen molar-refractivity contribution >= 4 is 43.4 Å². The summed E-state index contributed by atoms with van der Waals surface area (Å²) in [6.45, 7) is 0. The van der Waals surface area contributed by atoms with Crippen molar-refractivity contribution in [3.05, 3.63) is 145 Å². The van der Waals surface area contributed by atoms with Crippen LogP contribution < -0.4 is 0 Å². The van der Waals surface area contributed by atoms with E-state index in [9.17, 15) is 5.26 Å². The highest BCUT2D eigenvalue weighted by Gasteiger charge is 2.13. The van der Waals surface area contributed by atoms with Crippen LogP contribution in [0.1, 0.15) is 5.56 Å². The molecule has 0 N–H and O–H groups in total. The zero-order valence-corrected chi connectivity index (χ0v) is 22.6. The smallest absolute Gasteiger partial charge is 0.0991 e. The van der Waals surface area contributed by atoms with Crippen molar-refractivity contribution in [2.24, 2.45) is 0 Å². The van der Waals surface area contributed by atoms with E-state index < -0.39 is 0 Å². The summed E-state index contributed by atoms with van der Waals surface area (Å²) in [5, 5.41) is 16.1. The Labute approximate surface area is 243 Å². The number of hydrogen-bond donors (Lipinski definition) is 0. The molecule has 8 aromatic rings. The van der Waals surface area contributed by atoms with Gasteiger partial charge in [-0.3, -0.25) is 4.98 Å². The third-order valence-corrected chi connectivity index (χ3v) is 8.11. The third-order valence-electron chi connectivity index (χ3n) is 8.11. The van der Waals surface area contributed by atoms with Crippen LogP contribution >= 0.6 is 0 Å². The van der Waals surface area contributed by atoms with Crippen LogP contribution in [0.25, 0.3) is 76.9 Å². The van der Waals surface area contributed by atoms with E-state index in [4.69, 9.17) is 4.98 Å². The van der Waals surface area contributed by atoms with Crippen molar-refractivity contribution in [2.75, 3.05) is 0 Å². The van der Waals surface area contributed by atoms with Gasteiger partial charge in [0.1, 0.15) is 0 Å². The summed E-state index contributed by atoms with van der Waals surface area (Å²) in [5.74, 6) is 0. The van der Waals surface area contributed by atoms with Gasteiger partial charge >= 0.3 is 0 Å². The molecule has 3 nitrogen and oxygen atoms in total. The molecule has 2 heterocycles. The lowest BCUT2D eigenvalue weighted by Gasteiger charge is -2.13. The molecule has 0 unspecified atom stereocenters. The van der Waals surface area contributed by atoms with Crippen LogP contribution in [0.3, 0.4) is 0 Å². The molecule has 0 aliphatic carbocycles. The molecule has 3 heteroatoms. The highest BCUT2D eigenvalue weighted by atomic mass is 14.8. The number of aromatic nitrogens is 2. The minimum absolute atomic E-state index is 0.662. The third kappa shape index (κ3) is 3.98. The van der Waals surface area contributed by atoms with Crippen molar-refractivity contribution in [3.63, 3.8) is 0 Å². The number of hydrogen-bond acceptors (Lipinski definition) is 3. The zero-order valence-electron chi connectivity index (χ0n) is 22.6. The second-order valence-corrected chi connectivity index (χ2v) is 10.6. The molecular formula is C39H23N3. The molecule has 0 saturated heterocycles. The van der Waals surface area contributed by atoms with Gasteiger partial charge in [0, 0.05) is 22.5 Å². The van der Waals surface area contributed by atoms with Crippen molar-refractivity contribution < 1.29 is 0 Å². The predicted octanol–water partition coefficient (Wildman–Crippen LogP) is 9.96. The van der Waals surface area contributed by atoms with Crippen LogP contribution in [0.2, 0.25) is 0 Å². The molecule has 0 bridgehead atoms. The maximum Gasteiger partial charge on any atom is 0.0991 e. The zero-order chi connectivity index (χ0) is 28.0. The van der Waals surface area contributed by atoms with E-state index >= 15 is 0 Å². The largest absolute Gasteiger partial charge is 0.254 e. The molecule has 0 aliphatic rings. The molecule has 6 aromatic carbocycles. The van der Waals surface area contributed by atoms with Crippen LogP contribution in [-0.4, -0.2) is 9.97 Å². The van der Waals surface area contributed by atoms with Gasteiger partial charge in [0.15, 0.2) is 0 Å². The summed E-state index contributed by atoms with van der Waals surface area (Å²) in [6, 6.07) is 48.7. The first-order valence-corrected chi connectivity index (χ1v) is 14.0. The molecule has 0 fully saturated rings. The fourth-order valence-electron chi connectivity index (χ4n) is 5.99. The van der Waals surface area contributed by atoms with Crippen LogP contribution in [0.5, 0.6) is 0 Å². The Morgan fingerprint density at radius 2 is 1.21 bits per heavy atom. The summed E-state index contributed by atoms with van der Waals surface area (Å²) in [7, 11) is 0. The van der Waals surface area contributed by atoms with E-state index in [1.165, 1.54) is 21.5 Å². The molecule has 0 atom stereocenters. The molecule has 0 saturated carbocycles. The Bertz CT molecular complexity index is 2360. The molecule has 194 valence electrons. The molecule has 0 radical (unpaired) electrons. The molecule has 8 rings (SSSR count). The first kappa shape index (κ1) is 24.0. The van der Waals surface area contributed by atoms with Gasteiger partial charge in [-0.05, 0) is 86.3 Å². The minimum atomic E-state index is 0.662. The normalized spacial score (nSPS) is 11.3. The SMILES string of the molecule is N#Cc1ccc(-c2cccc3ccc(-c4cc(-c5ccc6ccc7cccnc7c6n5)c5ccccc5c4)cc23)cc1. The number of benzene rings is 6. The van der Waals surface area contributed by atoms with Gasteiger partial charge in [0.25, 0.3) is 0 Å². The van der Waals surface area contributed by atoms with E-state index in [0.29, 0.717) is 5.56 Å². The highest BCUT2D eigenvalue weighted by molar-refractivity contribution is 6.06. The average molecular weight is 534 g/mol. The second kappa shape index (κ2) is 9.66. The number of rotatable bonds is 3. The van der Waals surface area contributed by atoms with E-state index in [0.717, 1.165) is 55.3 Å². The molecule has 2 aromatic heterocycles. The van der Waals surface area contributed by atoms with Crippen LogP contribution in [-0.2, 0) is 0 Å². The van der Waals surface area contributed by atoms with Crippen LogP contribution in [0.4, 0.5) is 0 Å². The lowest BCUT2D eigenvalue weighted by molar-refractivity contribution is 1.37. The fourth-order valence-corrected chi connectivity index (χ4v) is 5.99. The number of pyridine rings is 2. The molecule has 0 aliphatic heterocycles. The van der Waals surface area contributed by atoms with Crippen molar-refractivity contribution in [1.29, 1.82) is 5.26 Å². The van der Waals surface area contributed by atoms with Crippen LogP contribution in [0, 0.1) is 11.3 Å². The van der Waals surface area contributed by atoms with E-state index in [1.807, 2.05) is 36.5 Å². The molecular weight excluding hydrogens is 510 g/mol. The van der Waals surface area contributed by atoms with Gasteiger partial charge in [-0.25, -0.2) is 4.98 Å². The Balaban J connectivity index is 1.33. The van der Waals surface area contributed by atoms with Crippen molar-refractivity contribution in [1.82, 2.24) is 9.97 Å². The van der Waals surface area contributed by atoms with E-state index in [-0.39, 0.29) is 0 Å². The van der Waals surface area contributed by atoms with Crippen LogP contribution in [0.15, 0.2) is 140 Å². The van der Waals surface area contributed by atoms with Gasteiger partial charge in [-0.2, -0.15) is 5.26 Å². The maximum absolute atomic E-state index is 9.25. The van der Waals surface area contributed by atoms with Gasteiger partial charge in [0.05, 0.1) is 28.4 Å². The van der Waals surface area contributed by atoms with Crippen molar-refractivity contribution in [2.45, 2.75) is 0 Å². The Morgan fingerprint density at radius 1 is 0.476 bits per heavy atom. The van der Waals surface area contributed by atoms with E-state index in [2.05, 4.69) is 114 Å². The molecule has 42 heavy (non-hydrogen) atoms. The number of nitriles is 1. The topological polar surface area (TPSA) is 49.6 Å². The quantitative estimate of drug-likeness (QED) is 0.212. The summed E-state index contributed by atoms with van der Waals surface area (Å²) >= 11 is 0. The summed E-state index contributed by atoms with van der Waals surface area (Å²) < 4.78 is 0. The standard InChI is InChI=1S/C39H23N3/c40-24-25-10-12-27(13-11-25)33-9-3-6-26-14-17-30(22-35(26)33)32-21-31-5-1-2-8-34(31)36(23-32)37-19-18-29-16-15-28-7-4-20-41-38(28)39(29)42-37/h1-23H. The van der Waals surface area contributed by atoms with Gasteiger partial charge < -0.3 is 0 Å². The fraction of sp³-hybridized carbons (Fsp3) is 0. The monoisotopic (exact) mass is 533 g/mol. The first-order chi connectivity index (χ1) is 20.7. The summed E-state index contributed by atoms with van der Waals surface area (Å²) in [4.78, 5) is 9.86. The molecule has 0 amide bonds. The number of fused-ring (bicyclic) bond motifs is 5. The first-order valence-electron chi connectivity index (χ1n) is 14.0. The van der Waals surface area contributed by atoms with Gasteiger partial charge in [0.2, 0.25) is 0 Å². The highest BCUT2D eigenvalue weighted by Crippen LogP contribution is 2.37. The predicted molar refractivity (Wildman–Crippen MR) is 173 cm³/mol. The summed E-state index contributed by atoms with van der Waals surface area (Å²) in [5.41, 5.74) is 9.04. The maximum atomic E-state index is 9.25. The molecule has 0 spiro atoms. The van der Waals surface area contributed by atoms with Gasteiger partial charge in [-0.1, -0.05) is 91.0 Å². The number of nitrogens with zero attached hydrogens (tertiary/aromatic N) is 3. The Kier molecular flexibility index (Phi) is 5.52. The Hall–Kier alpha value is -5.85. The van der Waals surface area contributed by atoms with Crippen molar-refractivity contribution in [3.8, 4) is 39.6 Å². The van der Waals surface area contributed by atoms with E-state index in [1.54, 1.807) is 0 Å². The minimum Gasteiger partial charge on any atom is -0.254 e. The van der Waals surface area contributed by atoms with Gasteiger partial charge in [-0.15, -0.1) is 0 Å². The lowest BCUT2D eigenvalue weighted by atomic mass is 9.91. The summed E-state index contributed by atoms with van der Waals surface area (Å²) in [6.07, 6.45) is 1.83. The average Bonchev–Trinajstić information content (AvgIpc) is 3.07. The lowest BCUT2D eigenvalue weighted by Crippen LogP contribution is -1.91. The second-order valence-electron chi connectivity index (χ2n) is 10.6.